The van der Waals surface area contributed by atoms with Gasteiger partial charge in [-0.05, 0) is 93.6 Å². The molecule has 116 valence electrons. The lowest BCUT2D eigenvalue weighted by molar-refractivity contribution is 0.336. The van der Waals surface area contributed by atoms with Gasteiger partial charge in [-0.2, -0.15) is 5.10 Å². The van der Waals surface area contributed by atoms with Crippen molar-refractivity contribution in [3.63, 3.8) is 0 Å². The summed E-state index contributed by atoms with van der Waals surface area (Å²) in [6.07, 6.45) is 1.78. The maximum Gasteiger partial charge on any atom is 0.147 e. The number of anilines is 1. The molecule has 0 aliphatic heterocycles. The summed E-state index contributed by atoms with van der Waals surface area (Å²) in [6.45, 7) is 6.77. The number of nitrogens with one attached hydrogen (secondary N) is 1. The second-order valence-corrected chi connectivity index (χ2v) is 6.62. The van der Waals surface area contributed by atoms with Crippen molar-refractivity contribution in [1.82, 2.24) is 0 Å². The molecule has 2 aromatic carbocycles. The van der Waals surface area contributed by atoms with E-state index in [9.17, 15) is 0 Å². The molecule has 0 aliphatic carbocycles. The Hall–Kier alpha value is -1.33. The van der Waals surface area contributed by atoms with Gasteiger partial charge in [0, 0.05) is 0 Å². The van der Waals surface area contributed by atoms with Crippen molar-refractivity contribution in [2.45, 2.75) is 20.8 Å². The first-order valence-corrected chi connectivity index (χ1v) is 8.58. The van der Waals surface area contributed by atoms with Gasteiger partial charge >= 0.3 is 0 Å². The normalized spacial score (nSPS) is 11.0. The van der Waals surface area contributed by atoms with E-state index in [1.54, 1.807) is 6.21 Å². The zero-order chi connectivity index (χ0) is 16.1. The fourth-order valence-corrected chi connectivity index (χ4v) is 3.38. The minimum atomic E-state index is 0.624. The smallest absolute Gasteiger partial charge is 0.147 e. The van der Waals surface area contributed by atoms with Crippen LogP contribution < -0.4 is 10.2 Å². The van der Waals surface area contributed by atoms with Crippen LogP contribution in [-0.4, -0.2) is 12.8 Å². The molecule has 0 fully saturated rings. The predicted octanol–water partition coefficient (Wildman–Crippen LogP) is 5.67. The van der Waals surface area contributed by atoms with Crippen LogP contribution in [0.5, 0.6) is 5.75 Å². The summed E-state index contributed by atoms with van der Waals surface area (Å²) < 4.78 is 7.37. The average Bonchev–Trinajstić information content (AvgIpc) is 2.47. The second kappa shape index (κ2) is 7.79. The molecule has 2 aromatic rings. The molecule has 0 atom stereocenters. The van der Waals surface area contributed by atoms with Gasteiger partial charge in [-0.25, -0.2) is 0 Å². The van der Waals surface area contributed by atoms with Crippen molar-refractivity contribution >= 4 is 43.8 Å². The molecule has 0 heterocycles. The largest absolute Gasteiger partial charge is 0.492 e. The number of hydrogen-bond acceptors (Lipinski definition) is 3. The topological polar surface area (TPSA) is 33.6 Å². The third-order valence-corrected chi connectivity index (χ3v) is 4.40. The predicted molar refractivity (Wildman–Crippen MR) is 100 cm³/mol. The first kappa shape index (κ1) is 17.0. The standard InChI is InChI=1S/C17H18Br2N2O/c1-4-22-17-15(18)8-13(9-16(17)19)10-20-21-14-6-5-11(2)12(3)7-14/h5-10,21H,4H2,1-3H3/b20-10+. The third kappa shape index (κ3) is 4.34. The van der Waals surface area contributed by atoms with Gasteiger partial charge in [-0.1, -0.05) is 6.07 Å². The first-order chi connectivity index (χ1) is 10.5. The molecule has 2 rings (SSSR count). The van der Waals surface area contributed by atoms with E-state index in [0.29, 0.717) is 6.61 Å². The summed E-state index contributed by atoms with van der Waals surface area (Å²) in [5, 5.41) is 4.28. The van der Waals surface area contributed by atoms with Crippen LogP contribution in [0.2, 0.25) is 0 Å². The summed E-state index contributed by atoms with van der Waals surface area (Å²) in [6, 6.07) is 10.1. The third-order valence-electron chi connectivity index (χ3n) is 3.22. The second-order valence-electron chi connectivity index (χ2n) is 4.92. The molecule has 0 saturated heterocycles. The Kier molecular flexibility index (Phi) is 6.03. The number of benzene rings is 2. The molecule has 3 nitrogen and oxygen atoms in total. The van der Waals surface area contributed by atoms with E-state index in [1.807, 2.05) is 25.1 Å². The maximum absolute atomic E-state index is 5.57. The Morgan fingerprint density at radius 3 is 2.36 bits per heavy atom. The fraction of sp³-hybridized carbons (Fsp3) is 0.235. The highest BCUT2D eigenvalue weighted by atomic mass is 79.9. The van der Waals surface area contributed by atoms with Crippen molar-refractivity contribution in [1.29, 1.82) is 0 Å². The lowest BCUT2D eigenvalue weighted by Crippen LogP contribution is -1.96. The van der Waals surface area contributed by atoms with Gasteiger partial charge in [0.2, 0.25) is 0 Å². The van der Waals surface area contributed by atoms with E-state index in [1.165, 1.54) is 11.1 Å². The summed E-state index contributed by atoms with van der Waals surface area (Å²) in [5.74, 6) is 0.807. The van der Waals surface area contributed by atoms with Gasteiger partial charge in [0.1, 0.15) is 5.75 Å². The van der Waals surface area contributed by atoms with E-state index >= 15 is 0 Å². The number of halogens is 2. The quantitative estimate of drug-likeness (QED) is 0.494. The molecule has 0 bridgehead atoms. The van der Waals surface area contributed by atoms with Crippen LogP contribution in [0.15, 0.2) is 44.4 Å². The van der Waals surface area contributed by atoms with Gasteiger partial charge in [0.15, 0.2) is 0 Å². The molecule has 0 aliphatic rings. The van der Waals surface area contributed by atoms with Crippen LogP contribution in [0.3, 0.4) is 0 Å². The van der Waals surface area contributed by atoms with E-state index < -0.39 is 0 Å². The van der Waals surface area contributed by atoms with Gasteiger partial charge in [-0.3, -0.25) is 5.43 Å². The molecule has 0 aromatic heterocycles. The average molecular weight is 426 g/mol. The number of aryl methyl sites for hydroxylation is 2. The summed E-state index contributed by atoms with van der Waals surface area (Å²) >= 11 is 7.03. The molecule has 22 heavy (non-hydrogen) atoms. The molecule has 0 spiro atoms. The van der Waals surface area contributed by atoms with Crippen LogP contribution in [0.25, 0.3) is 0 Å². The van der Waals surface area contributed by atoms with Gasteiger partial charge in [-0.15, -0.1) is 0 Å². The lowest BCUT2D eigenvalue weighted by atomic mass is 10.1. The Bertz CT molecular complexity index is 676. The molecule has 0 radical (unpaired) electrons. The van der Waals surface area contributed by atoms with Crippen molar-refractivity contribution < 1.29 is 4.74 Å². The van der Waals surface area contributed by atoms with Crippen molar-refractivity contribution in [3.8, 4) is 5.75 Å². The lowest BCUT2D eigenvalue weighted by Gasteiger charge is -2.09. The highest BCUT2D eigenvalue weighted by Crippen LogP contribution is 2.34. The van der Waals surface area contributed by atoms with E-state index in [4.69, 9.17) is 4.74 Å². The minimum absolute atomic E-state index is 0.624. The minimum Gasteiger partial charge on any atom is -0.492 e. The molecular weight excluding hydrogens is 408 g/mol. The Morgan fingerprint density at radius 1 is 1.09 bits per heavy atom. The van der Waals surface area contributed by atoms with Crippen molar-refractivity contribution in [3.05, 3.63) is 56.0 Å². The SMILES string of the molecule is CCOc1c(Br)cc(/C=N/Nc2ccc(C)c(C)c2)cc1Br. The van der Waals surface area contributed by atoms with E-state index in [0.717, 1.165) is 25.9 Å². The van der Waals surface area contributed by atoms with Crippen LogP contribution >= 0.6 is 31.9 Å². The zero-order valence-electron chi connectivity index (χ0n) is 12.8. The molecule has 5 heteroatoms. The van der Waals surface area contributed by atoms with Crippen LogP contribution in [0.4, 0.5) is 5.69 Å². The molecular formula is C17H18Br2N2O. The molecule has 0 saturated carbocycles. The molecule has 1 N–H and O–H groups in total. The van der Waals surface area contributed by atoms with Crippen LogP contribution in [0.1, 0.15) is 23.6 Å². The van der Waals surface area contributed by atoms with Gasteiger partial charge in [0.25, 0.3) is 0 Å². The number of hydrogen-bond donors (Lipinski definition) is 1. The highest BCUT2D eigenvalue weighted by molar-refractivity contribution is 9.11. The van der Waals surface area contributed by atoms with Gasteiger partial charge in [0.05, 0.1) is 27.5 Å². The van der Waals surface area contributed by atoms with E-state index in [-0.39, 0.29) is 0 Å². The van der Waals surface area contributed by atoms with Crippen molar-refractivity contribution in [2.24, 2.45) is 5.10 Å². The monoisotopic (exact) mass is 424 g/mol. The zero-order valence-corrected chi connectivity index (χ0v) is 16.0. The van der Waals surface area contributed by atoms with Gasteiger partial charge < -0.3 is 4.74 Å². The van der Waals surface area contributed by atoms with Crippen LogP contribution in [0, 0.1) is 13.8 Å². The Morgan fingerprint density at radius 2 is 1.77 bits per heavy atom. The number of rotatable bonds is 5. The summed E-state index contributed by atoms with van der Waals surface area (Å²) in [7, 11) is 0. The Balaban J connectivity index is 2.11. The van der Waals surface area contributed by atoms with Crippen LogP contribution in [-0.2, 0) is 0 Å². The Labute approximate surface area is 148 Å². The van der Waals surface area contributed by atoms with Crippen molar-refractivity contribution in [2.75, 3.05) is 12.0 Å². The van der Waals surface area contributed by atoms with E-state index in [2.05, 4.69) is 68.4 Å². The fourth-order valence-electron chi connectivity index (χ4n) is 1.93. The number of hydrazone groups is 1. The molecule has 0 amide bonds. The first-order valence-electron chi connectivity index (χ1n) is 6.99. The summed E-state index contributed by atoms with van der Waals surface area (Å²) in [5.41, 5.74) is 7.51. The number of ether oxygens (including phenoxy) is 1. The molecule has 0 unspecified atom stereocenters. The highest BCUT2D eigenvalue weighted by Gasteiger charge is 2.07. The summed E-state index contributed by atoms with van der Waals surface area (Å²) in [4.78, 5) is 0. The maximum atomic E-state index is 5.57. The number of nitrogens with zero attached hydrogens (tertiary/aromatic N) is 1.